The number of benzene rings is 1. The van der Waals surface area contributed by atoms with E-state index in [-0.39, 0.29) is 30.7 Å². The molecule has 3 amide bonds. The molecule has 3 aliphatic heterocycles. The van der Waals surface area contributed by atoms with Crippen molar-refractivity contribution in [2.45, 2.75) is 24.5 Å². The number of fused-ring (bicyclic) bond motifs is 1. The number of nitrogens with zero attached hydrogens (tertiary/aromatic N) is 2. The molecule has 4 rings (SSSR count). The number of hydrogen-bond donors (Lipinski definition) is 1. The number of halogens is 1. The maximum atomic E-state index is 12.7. The maximum Gasteiger partial charge on any atom is 0.320 e. The van der Waals surface area contributed by atoms with E-state index in [2.05, 4.69) is 33.4 Å². The number of ether oxygens (including phenoxy) is 1. The Bertz CT molecular complexity index is 645. The third-order valence-corrected chi connectivity index (χ3v) is 5.62. The van der Waals surface area contributed by atoms with Gasteiger partial charge < -0.3 is 19.9 Å². The summed E-state index contributed by atoms with van der Waals surface area (Å²) in [6.45, 7) is 2.88. The van der Waals surface area contributed by atoms with Gasteiger partial charge in [-0.05, 0) is 24.1 Å². The van der Waals surface area contributed by atoms with Gasteiger partial charge in [-0.15, -0.1) is 0 Å². The molecule has 1 aromatic carbocycles. The molecule has 0 spiro atoms. The maximum absolute atomic E-state index is 12.7. The van der Waals surface area contributed by atoms with E-state index in [1.807, 2.05) is 21.9 Å². The predicted octanol–water partition coefficient (Wildman–Crippen LogP) is 1.56. The van der Waals surface area contributed by atoms with E-state index in [1.54, 1.807) is 0 Å². The van der Waals surface area contributed by atoms with E-state index >= 15 is 0 Å². The lowest BCUT2D eigenvalue weighted by Crippen LogP contribution is -2.63. The first-order valence-corrected chi connectivity index (χ1v) is 9.10. The highest BCUT2D eigenvalue weighted by Crippen LogP contribution is 2.29. The number of amides is 3. The monoisotopic (exact) mass is 393 g/mol. The largest absolute Gasteiger partial charge is 0.366 e. The number of likely N-dealkylation sites (tertiary alicyclic amines) is 2. The molecule has 0 aromatic heterocycles. The molecule has 0 saturated carbocycles. The van der Waals surface area contributed by atoms with Crippen molar-refractivity contribution in [1.82, 2.24) is 15.1 Å². The van der Waals surface area contributed by atoms with Crippen LogP contribution in [0.25, 0.3) is 0 Å². The van der Waals surface area contributed by atoms with Crippen LogP contribution < -0.4 is 5.32 Å². The second-order valence-corrected chi connectivity index (χ2v) is 7.61. The van der Waals surface area contributed by atoms with Crippen LogP contribution in [0.1, 0.15) is 17.9 Å². The lowest BCUT2D eigenvalue weighted by atomic mass is 9.91. The van der Waals surface area contributed by atoms with Gasteiger partial charge in [-0.3, -0.25) is 4.79 Å². The van der Waals surface area contributed by atoms with Crippen LogP contribution in [0, 0.1) is 0 Å². The second-order valence-electron chi connectivity index (χ2n) is 6.69. The quantitative estimate of drug-likeness (QED) is 0.787. The summed E-state index contributed by atoms with van der Waals surface area (Å²) >= 11 is 3.44. The van der Waals surface area contributed by atoms with Crippen molar-refractivity contribution in [3.05, 3.63) is 34.3 Å². The van der Waals surface area contributed by atoms with E-state index in [1.165, 1.54) is 5.56 Å². The van der Waals surface area contributed by atoms with E-state index < -0.39 is 0 Å². The number of morpholine rings is 1. The Labute approximate surface area is 149 Å². The van der Waals surface area contributed by atoms with Gasteiger partial charge in [0.25, 0.3) is 0 Å². The van der Waals surface area contributed by atoms with Crippen LogP contribution in [-0.4, -0.2) is 66.7 Å². The molecule has 0 radical (unpaired) electrons. The summed E-state index contributed by atoms with van der Waals surface area (Å²) in [4.78, 5) is 27.9. The van der Waals surface area contributed by atoms with Gasteiger partial charge in [-0.1, -0.05) is 28.1 Å². The van der Waals surface area contributed by atoms with Crippen LogP contribution in [0.15, 0.2) is 28.7 Å². The molecule has 3 heterocycles. The van der Waals surface area contributed by atoms with Gasteiger partial charge in [0.1, 0.15) is 6.61 Å². The molecule has 1 N–H and O–H groups in total. The molecule has 6 nitrogen and oxygen atoms in total. The lowest BCUT2D eigenvalue weighted by molar-refractivity contribution is -0.139. The smallest absolute Gasteiger partial charge is 0.320 e. The van der Waals surface area contributed by atoms with Crippen molar-refractivity contribution >= 4 is 27.9 Å². The Morgan fingerprint density at radius 3 is 2.67 bits per heavy atom. The lowest BCUT2D eigenvalue weighted by Gasteiger charge is -2.46. The normalized spacial score (nSPS) is 27.3. The van der Waals surface area contributed by atoms with E-state index in [4.69, 9.17) is 4.74 Å². The van der Waals surface area contributed by atoms with E-state index in [0.29, 0.717) is 19.0 Å². The number of rotatable bonds is 1. The summed E-state index contributed by atoms with van der Waals surface area (Å²) < 4.78 is 6.61. The molecule has 3 aliphatic rings. The fourth-order valence-corrected chi connectivity index (χ4v) is 3.92. The topological polar surface area (TPSA) is 61.9 Å². The zero-order valence-electron chi connectivity index (χ0n) is 13.3. The van der Waals surface area contributed by atoms with Crippen molar-refractivity contribution in [1.29, 1.82) is 0 Å². The first kappa shape index (κ1) is 15.9. The number of carbonyl (C=O) groups excluding carboxylic acids is 2. The average molecular weight is 394 g/mol. The first-order valence-electron chi connectivity index (χ1n) is 8.30. The summed E-state index contributed by atoms with van der Waals surface area (Å²) in [6, 6.07) is 8.29. The minimum atomic E-state index is -0.0928. The van der Waals surface area contributed by atoms with E-state index in [0.717, 1.165) is 24.0 Å². The van der Waals surface area contributed by atoms with Crippen LogP contribution in [0.4, 0.5) is 4.79 Å². The SMILES string of the molecule is O=C1COC2CCN(C(=O)N3CC(c4ccc(Br)cc4)C3)C[C@H]2N1. The Balaban J connectivity index is 1.32. The van der Waals surface area contributed by atoms with Crippen LogP contribution in [-0.2, 0) is 9.53 Å². The van der Waals surface area contributed by atoms with Gasteiger partial charge in [0, 0.05) is 36.6 Å². The van der Waals surface area contributed by atoms with Crippen molar-refractivity contribution in [3.63, 3.8) is 0 Å². The van der Waals surface area contributed by atoms with Crippen LogP contribution in [0.3, 0.4) is 0 Å². The van der Waals surface area contributed by atoms with E-state index in [9.17, 15) is 9.59 Å². The highest BCUT2D eigenvalue weighted by molar-refractivity contribution is 9.10. The van der Waals surface area contributed by atoms with Gasteiger partial charge >= 0.3 is 6.03 Å². The third kappa shape index (κ3) is 3.02. The van der Waals surface area contributed by atoms with Crippen molar-refractivity contribution in [2.24, 2.45) is 0 Å². The Hall–Kier alpha value is -1.60. The summed E-state index contributed by atoms with van der Waals surface area (Å²) in [7, 11) is 0. The van der Waals surface area contributed by atoms with Gasteiger partial charge in [-0.25, -0.2) is 4.79 Å². The minimum Gasteiger partial charge on any atom is -0.366 e. The van der Waals surface area contributed by atoms with Gasteiger partial charge in [0.05, 0.1) is 12.1 Å². The fraction of sp³-hybridized carbons (Fsp3) is 0.529. The predicted molar refractivity (Wildman–Crippen MR) is 91.7 cm³/mol. The number of hydrogen-bond acceptors (Lipinski definition) is 3. The van der Waals surface area contributed by atoms with Crippen LogP contribution in [0.5, 0.6) is 0 Å². The molecule has 2 atom stereocenters. The Morgan fingerprint density at radius 2 is 1.92 bits per heavy atom. The summed E-state index contributed by atoms with van der Waals surface area (Å²) in [5.41, 5.74) is 1.27. The molecule has 0 bridgehead atoms. The van der Waals surface area contributed by atoms with Gasteiger partial charge in [0.2, 0.25) is 5.91 Å². The Kier molecular flexibility index (Phi) is 4.22. The Morgan fingerprint density at radius 1 is 1.17 bits per heavy atom. The molecule has 128 valence electrons. The molecule has 3 fully saturated rings. The van der Waals surface area contributed by atoms with Crippen LogP contribution >= 0.6 is 15.9 Å². The molecular weight excluding hydrogens is 374 g/mol. The minimum absolute atomic E-state index is 0.0404. The van der Waals surface area contributed by atoms with Crippen molar-refractivity contribution in [3.8, 4) is 0 Å². The average Bonchev–Trinajstić information content (AvgIpc) is 2.54. The molecule has 24 heavy (non-hydrogen) atoms. The number of nitrogens with one attached hydrogen (secondary N) is 1. The summed E-state index contributed by atoms with van der Waals surface area (Å²) in [5.74, 6) is 0.321. The molecule has 3 saturated heterocycles. The highest BCUT2D eigenvalue weighted by Gasteiger charge is 2.40. The zero-order chi connectivity index (χ0) is 16.7. The molecule has 0 aliphatic carbocycles. The fourth-order valence-electron chi connectivity index (χ4n) is 3.65. The third-order valence-electron chi connectivity index (χ3n) is 5.09. The molecule has 1 unspecified atom stereocenters. The number of urea groups is 1. The highest BCUT2D eigenvalue weighted by atomic mass is 79.9. The summed E-state index contributed by atoms with van der Waals surface area (Å²) in [6.07, 6.45) is 0.819. The van der Waals surface area contributed by atoms with Crippen molar-refractivity contribution in [2.75, 3.05) is 32.8 Å². The molecular formula is C17H20BrN3O3. The zero-order valence-corrected chi connectivity index (χ0v) is 14.9. The molecule has 1 aromatic rings. The number of carbonyl (C=O) groups is 2. The van der Waals surface area contributed by atoms with Crippen LogP contribution in [0.2, 0.25) is 0 Å². The second kappa shape index (κ2) is 6.37. The van der Waals surface area contributed by atoms with Crippen molar-refractivity contribution < 1.29 is 14.3 Å². The molecule has 7 heteroatoms. The van der Waals surface area contributed by atoms with Gasteiger partial charge in [-0.2, -0.15) is 0 Å². The summed E-state index contributed by atoms with van der Waals surface area (Å²) in [5, 5.41) is 2.94. The standard InChI is InChI=1S/C17H20BrN3O3/c18-13-3-1-11(2-4-13)12-7-21(8-12)17(23)20-6-5-15-14(9-20)19-16(22)10-24-15/h1-4,12,14-15H,5-10H2,(H,19,22)/t14-,15?/m1/s1. The van der Waals surface area contributed by atoms with Gasteiger partial charge in [0.15, 0.2) is 0 Å². The first-order chi connectivity index (χ1) is 11.6. The number of piperidine rings is 1.